The Morgan fingerprint density at radius 2 is 2.40 bits per heavy atom. The van der Waals surface area contributed by atoms with E-state index in [1.165, 1.54) is 0 Å². The van der Waals surface area contributed by atoms with Gasteiger partial charge in [0.1, 0.15) is 0 Å². The van der Waals surface area contributed by atoms with Crippen molar-refractivity contribution < 1.29 is 10.2 Å². The van der Waals surface area contributed by atoms with E-state index >= 15 is 0 Å². The Hall–Kier alpha value is -0.420. The van der Waals surface area contributed by atoms with Crippen molar-refractivity contribution >= 4 is 11.3 Å². The molecule has 1 saturated carbocycles. The summed E-state index contributed by atoms with van der Waals surface area (Å²) in [7, 11) is 0. The Labute approximate surface area is 93.8 Å². The summed E-state index contributed by atoms with van der Waals surface area (Å²) in [6, 6.07) is 2.10. The largest absolute Gasteiger partial charge is 0.392 e. The third-order valence-electron chi connectivity index (χ3n) is 2.98. The minimum absolute atomic E-state index is 0.165. The zero-order valence-electron chi connectivity index (χ0n) is 8.60. The van der Waals surface area contributed by atoms with Crippen LogP contribution in [0.1, 0.15) is 30.9 Å². The molecule has 3 atom stereocenters. The molecule has 1 aromatic rings. The van der Waals surface area contributed by atoms with Crippen molar-refractivity contribution in [2.75, 3.05) is 6.54 Å². The number of aliphatic hydroxyl groups is 2. The lowest BCUT2D eigenvalue weighted by atomic mass is 10.1. The number of thiophene rings is 1. The lowest BCUT2D eigenvalue weighted by Gasteiger charge is -2.18. The number of hydrogen-bond acceptors (Lipinski definition) is 4. The summed E-state index contributed by atoms with van der Waals surface area (Å²) < 4.78 is 0. The van der Waals surface area contributed by atoms with Crippen LogP contribution >= 0.6 is 11.3 Å². The van der Waals surface area contributed by atoms with Crippen LogP contribution in [-0.4, -0.2) is 28.9 Å². The van der Waals surface area contributed by atoms with E-state index in [2.05, 4.69) is 5.32 Å². The van der Waals surface area contributed by atoms with Gasteiger partial charge in [-0.3, -0.25) is 0 Å². The van der Waals surface area contributed by atoms with Crippen molar-refractivity contribution in [2.45, 2.75) is 37.5 Å². The molecule has 1 unspecified atom stereocenters. The fraction of sp³-hybridized carbons (Fsp3) is 0.636. The van der Waals surface area contributed by atoms with Crippen molar-refractivity contribution in [3.8, 4) is 0 Å². The van der Waals surface area contributed by atoms with Crippen LogP contribution in [0.5, 0.6) is 0 Å². The van der Waals surface area contributed by atoms with Gasteiger partial charge in [0.25, 0.3) is 0 Å². The third-order valence-corrected chi connectivity index (χ3v) is 3.68. The molecule has 1 fully saturated rings. The number of aliphatic hydroxyl groups excluding tert-OH is 2. The highest BCUT2D eigenvalue weighted by molar-refractivity contribution is 7.07. The summed E-state index contributed by atoms with van der Waals surface area (Å²) in [6.45, 7) is 0.526. The minimum Gasteiger partial charge on any atom is -0.392 e. The van der Waals surface area contributed by atoms with Gasteiger partial charge in [0.15, 0.2) is 0 Å². The van der Waals surface area contributed by atoms with Crippen LogP contribution in [0, 0.1) is 0 Å². The van der Waals surface area contributed by atoms with E-state index in [1.807, 2.05) is 16.8 Å². The standard InChI is InChI=1S/C11H17NO2S/c13-10-3-1-2-9(10)12-6-11(14)8-4-5-15-7-8/h4-5,7,9-14H,1-3,6H2/t9-,10-,11?/m1/s1. The molecule has 0 aliphatic heterocycles. The Kier molecular flexibility index (Phi) is 3.75. The molecule has 3 nitrogen and oxygen atoms in total. The molecule has 0 bridgehead atoms. The maximum absolute atomic E-state index is 9.82. The van der Waals surface area contributed by atoms with Crippen molar-refractivity contribution in [3.05, 3.63) is 22.4 Å². The molecule has 1 aromatic heterocycles. The Balaban J connectivity index is 1.78. The van der Waals surface area contributed by atoms with Crippen molar-refractivity contribution in [3.63, 3.8) is 0 Å². The van der Waals surface area contributed by atoms with Crippen molar-refractivity contribution in [2.24, 2.45) is 0 Å². The van der Waals surface area contributed by atoms with Crippen molar-refractivity contribution in [1.29, 1.82) is 0 Å². The van der Waals surface area contributed by atoms with Crippen LogP contribution in [0.3, 0.4) is 0 Å². The van der Waals surface area contributed by atoms with Gasteiger partial charge in [0.2, 0.25) is 0 Å². The van der Waals surface area contributed by atoms with E-state index < -0.39 is 6.10 Å². The average Bonchev–Trinajstić information content (AvgIpc) is 2.85. The zero-order chi connectivity index (χ0) is 10.7. The van der Waals surface area contributed by atoms with Crippen LogP contribution in [0.4, 0.5) is 0 Å². The maximum Gasteiger partial charge on any atom is 0.0922 e. The zero-order valence-corrected chi connectivity index (χ0v) is 9.41. The first kappa shape index (κ1) is 11.1. The summed E-state index contributed by atoms with van der Waals surface area (Å²) in [5.74, 6) is 0. The highest BCUT2D eigenvalue weighted by Crippen LogP contribution is 2.20. The molecule has 2 rings (SSSR count). The second kappa shape index (κ2) is 5.07. The highest BCUT2D eigenvalue weighted by Gasteiger charge is 2.25. The first-order valence-corrected chi connectivity index (χ1v) is 6.33. The first-order chi connectivity index (χ1) is 7.27. The maximum atomic E-state index is 9.82. The molecule has 0 aromatic carbocycles. The lowest BCUT2D eigenvalue weighted by molar-refractivity contribution is 0.127. The van der Waals surface area contributed by atoms with E-state index in [1.54, 1.807) is 11.3 Å². The molecule has 1 aliphatic carbocycles. The van der Waals surface area contributed by atoms with Crippen LogP contribution in [0.2, 0.25) is 0 Å². The van der Waals surface area contributed by atoms with E-state index in [9.17, 15) is 10.2 Å². The SMILES string of the molecule is OC(CN[C@@H]1CCC[C@H]1O)c1ccsc1. The molecule has 1 heterocycles. The quantitative estimate of drug-likeness (QED) is 0.726. The fourth-order valence-electron chi connectivity index (χ4n) is 2.02. The predicted octanol–water partition coefficient (Wildman–Crippen LogP) is 1.28. The summed E-state index contributed by atoms with van der Waals surface area (Å²) in [6.07, 6.45) is 2.28. The van der Waals surface area contributed by atoms with Gasteiger partial charge in [0.05, 0.1) is 12.2 Å². The molecule has 0 amide bonds. The van der Waals surface area contributed by atoms with Gasteiger partial charge in [-0.25, -0.2) is 0 Å². The van der Waals surface area contributed by atoms with Crippen LogP contribution in [0.15, 0.2) is 16.8 Å². The Morgan fingerprint density at radius 1 is 1.53 bits per heavy atom. The molecule has 3 N–H and O–H groups in total. The van der Waals surface area contributed by atoms with Gasteiger partial charge < -0.3 is 15.5 Å². The van der Waals surface area contributed by atoms with Gasteiger partial charge in [-0.15, -0.1) is 0 Å². The van der Waals surface area contributed by atoms with Crippen LogP contribution in [-0.2, 0) is 0 Å². The molecular weight excluding hydrogens is 210 g/mol. The first-order valence-electron chi connectivity index (χ1n) is 5.39. The lowest BCUT2D eigenvalue weighted by Crippen LogP contribution is -2.38. The molecular formula is C11H17NO2S. The minimum atomic E-state index is -0.455. The Morgan fingerprint density at radius 3 is 3.00 bits per heavy atom. The topological polar surface area (TPSA) is 52.5 Å². The average molecular weight is 227 g/mol. The summed E-state index contributed by atoms with van der Waals surface area (Å²) in [5, 5.41) is 26.5. The molecule has 0 radical (unpaired) electrons. The fourth-order valence-corrected chi connectivity index (χ4v) is 2.73. The molecule has 84 valence electrons. The van der Waals surface area contributed by atoms with E-state index in [0.29, 0.717) is 6.54 Å². The van der Waals surface area contributed by atoms with Gasteiger partial charge in [-0.2, -0.15) is 11.3 Å². The van der Waals surface area contributed by atoms with Crippen LogP contribution in [0.25, 0.3) is 0 Å². The van der Waals surface area contributed by atoms with Crippen molar-refractivity contribution in [1.82, 2.24) is 5.32 Å². The molecule has 15 heavy (non-hydrogen) atoms. The summed E-state index contributed by atoms with van der Waals surface area (Å²) in [5.41, 5.74) is 0.958. The third kappa shape index (κ3) is 2.78. The number of nitrogens with one attached hydrogen (secondary N) is 1. The Bertz CT molecular complexity index is 289. The van der Waals surface area contributed by atoms with E-state index in [-0.39, 0.29) is 12.1 Å². The highest BCUT2D eigenvalue weighted by atomic mass is 32.1. The van der Waals surface area contributed by atoms with Gasteiger partial charge >= 0.3 is 0 Å². The number of hydrogen-bond donors (Lipinski definition) is 3. The molecule has 1 aliphatic rings. The monoisotopic (exact) mass is 227 g/mol. The molecule has 0 spiro atoms. The van der Waals surface area contributed by atoms with E-state index in [4.69, 9.17) is 0 Å². The van der Waals surface area contributed by atoms with Gasteiger partial charge in [-0.1, -0.05) is 0 Å². The summed E-state index contributed by atoms with van der Waals surface area (Å²) in [4.78, 5) is 0. The second-order valence-corrected chi connectivity index (χ2v) is 4.87. The van der Waals surface area contributed by atoms with Gasteiger partial charge in [-0.05, 0) is 41.7 Å². The van der Waals surface area contributed by atoms with Gasteiger partial charge in [0, 0.05) is 12.6 Å². The predicted molar refractivity (Wildman–Crippen MR) is 60.9 cm³/mol. The molecule has 4 heteroatoms. The van der Waals surface area contributed by atoms with E-state index in [0.717, 1.165) is 24.8 Å². The summed E-state index contributed by atoms with van der Waals surface area (Å²) >= 11 is 1.59. The smallest absolute Gasteiger partial charge is 0.0922 e. The number of rotatable bonds is 4. The van der Waals surface area contributed by atoms with Crippen LogP contribution < -0.4 is 5.32 Å². The normalized spacial score (nSPS) is 28.1. The molecule has 0 saturated heterocycles. The second-order valence-electron chi connectivity index (χ2n) is 4.09.